The predicted octanol–water partition coefficient (Wildman–Crippen LogP) is 5.72. The molecular formula is C30H33N5O3. The van der Waals surface area contributed by atoms with Crippen LogP contribution in [0.5, 0.6) is 5.75 Å². The molecule has 3 aromatic carbocycles. The van der Waals surface area contributed by atoms with Crippen LogP contribution in [0, 0.1) is 6.92 Å². The molecule has 1 aliphatic heterocycles. The summed E-state index contributed by atoms with van der Waals surface area (Å²) in [6.07, 6.45) is 0. The number of aromatic nitrogens is 2. The summed E-state index contributed by atoms with van der Waals surface area (Å²) in [6, 6.07) is 21.1. The minimum absolute atomic E-state index is 0.363. The van der Waals surface area contributed by atoms with Gasteiger partial charge in [0.15, 0.2) is 0 Å². The first kappa shape index (κ1) is 25.5. The second-order valence-corrected chi connectivity index (χ2v) is 9.48. The lowest BCUT2D eigenvalue weighted by molar-refractivity contribution is 0.0323. The van der Waals surface area contributed by atoms with E-state index in [-0.39, 0.29) is 6.03 Å². The molecule has 1 aliphatic rings. The molecule has 5 rings (SSSR count). The van der Waals surface area contributed by atoms with Gasteiger partial charge in [-0.05, 0) is 43.7 Å². The number of morpholine rings is 1. The molecule has 2 amide bonds. The van der Waals surface area contributed by atoms with Crippen molar-refractivity contribution in [1.29, 1.82) is 0 Å². The highest BCUT2D eigenvalue weighted by molar-refractivity contribution is 6.07. The zero-order valence-electron chi connectivity index (χ0n) is 21.9. The van der Waals surface area contributed by atoms with Gasteiger partial charge in [0.25, 0.3) is 0 Å². The highest BCUT2D eigenvalue weighted by Crippen LogP contribution is 2.32. The molecule has 0 bridgehead atoms. The van der Waals surface area contributed by atoms with Crippen LogP contribution < -0.4 is 15.4 Å². The van der Waals surface area contributed by atoms with E-state index >= 15 is 0 Å². The molecule has 0 unspecified atom stereocenters. The van der Waals surface area contributed by atoms with Crippen LogP contribution in [0.3, 0.4) is 0 Å². The first-order valence-electron chi connectivity index (χ1n) is 12.8. The van der Waals surface area contributed by atoms with E-state index in [1.54, 1.807) is 4.68 Å². The number of allylic oxidation sites excluding steroid dienone is 1. The molecule has 0 aliphatic carbocycles. The number of carbonyl (C=O) groups is 1. The van der Waals surface area contributed by atoms with E-state index in [1.807, 2.05) is 80.6 Å². The quantitative estimate of drug-likeness (QED) is 0.316. The van der Waals surface area contributed by atoms with E-state index < -0.39 is 0 Å². The summed E-state index contributed by atoms with van der Waals surface area (Å²) in [5.74, 6) is 1.35. The molecule has 0 atom stereocenters. The summed E-state index contributed by atoms with van der Waals surface area (Å²) >= 11 is 0. The van der Waals surface area contributed by atoms with E-state index in [0.717, 1.165) is 66.2 Å². The van der Waals surface area contributed by atoms with Crippen LogP contribution in [0.25, 0.3) is 22.0 Å². The van der Waals surface area contributed by atoms with Crippen molar-refractivity contribution in [3.05, 3.63) is 84.6 Å². The van der Waals surface area contributed by atoms with Crippen molar-refractivity contribution in [2.75, 3.05) is 50.1 Å². The molecule has 1 saturated heterocycles. The molecule has 196 valence electrons. The van der Waals surface area contributed by atoms with Gasteiger partial charge in [0, 0.05) is 36.5 Å². The van der Waals surface area contributed by atoms with Crippen LogP contribution in [0.15, 0.2) is 73.3 Å². The number of hydrogen-bond donors (Lipinski definition) is 2. The lowest BCUT2D eigenvalue weighted by Gasteiger charge is -2.26. The topological polar surface area (TPSA) is 80.6 Å². The largest absolute Gasteiger partial charge is 0.492 e. The van der Waals surface area contributed by atoms with Crippen molar-refractivity contribution in [3.63, 3.8) is 0 Å². The maximum atomic E-state index is 13.1. The van der Waals surface area contributed by atoms with Crippen molar-refractivity contribution in [3.8, 4) is 11.4 Å². The van der Waals surface area contributed by atoms with Crippen molar-refractivity contribution in [2.45, 2.75) is 13.8 Å². The Hall–Kier alpha value is -4.14. The van der Waals surface area contributed by atoms with Gasteiger partial charge in [0.2, 0.25) is 0 Å². The van der Waals surface area contributed by atoms with E-state index in [4.69, 9.17) is 9.47 Å². The number of nitrogens with one attached hydrogen (secondary N) is 2. The van der Waals surface area contributed by atoms with Crippen LogP contribution in [-0.2, 0) is 4.74 Å². The number of rotatable bonds is 8. The first-order valence-corrected chi connectivity index (χ1v) is 12.8. The van der Waals surface area contributed by atoms with E-state index in [1.165, 1.54) is 0 Å². The van der Waals surface area contributed by atoms with Gasteiger partial charge >= 0.3 is 6.03 Å². The Balaban J connectivity index is 1.32. The second kappa shape index (κ2) is 11.5. The van der Waals surface area contributed by atoms with Crippen LogP contribution in [-0.4, -0.2) is 60.2 Å². The van der Waals surface area contributed by atoms with E-state index in [9.17, 15) is 4.79 Å². The van der Waals surface area contributed by atoms with Gasteiger partial charge in [-0.15, -0.1) is 0 Å². The lowest BCUT2D eigenvalue weighted by atomic mass is 10.1. The summed E-state index contributed by atoms with van der Waals surface area (Å²) in [5, 5.41) is 12.5. The van der Waals surface area contributed by atoms with E-state index in [2.05, 4.69) is 27.2 Å². The smallest absolute Gasteiger partial charge is 0.324 e. The fourth-order valence-electron chi connectivity index (χ4n) is 4.45. The summed E-state index contributed by atoms with van der Waals surface area (Å²) < 4.78 is 13.3. The van der Waals surface area contributed by atoms with Gasteiger partial charge < -0.3 is 14.8 Å². The molecule has 0 saturated carbocycles. The standard InChI is InChI=1S/C30H33N5O3/c1-21(2)27-20-29(35(33-27)23-10-8-22(3)9-11-23)32-30(36)31-26-12-13-28(25-7-5-4-6-24(25)26)38-19-16-34-14-17-37-18-15-34/h4-13,20H,1,14-19H2,2-3H3,(H2,31,32,36). The Kier molecular flexibility index (Phi) is 7.72. The highest BCUT2D eigenvalue weighted by atomic mass is 16.5. The molecule has 1 aromatic heterocycles. The summed E-state index contributed by atoms with van der Waals surface area (Å²) in [4.78, 5) is 15.5. The average Bonchev–Trinajstić information content (AvgIpc) is 3.35. The Morgan fingerprint density at radius 1 is 1.03 bits per heavy atom. The molecular weight excluding hydrogens is 478 g/mol. The van der Waals surface area contributed by atoms with Crippen molar-refractivity contribution < 1.29 is 14.3 Å². The fourth-order valence-corrected chi connectivity index (χ4v) is 4.45. The van der Waals surface area contributed by atoms with Crippen LogP contribution in [0.4, 0.5) is 16.3 Å². The number of aryl methyl sites for hydroxylation is 1. The summed E-state index contributed by atoms with van der Waals surface area (Å²) in [5.41, 5.74) is 4.22. The minimum Gasteiger partial charge on any atom is -0.492 e. The number of hydrogen-bond acceptors (Lipinski definition) is 5. The lowest BCUT2D eigenvalue weighted by Crippen LogP contribution is -2.38. The predicted molar refractivity (Wildman–Crippen MR) is 152 cm³/mol. The van der Waals surface area contributed by atoms with Gasteiger partial charge in [-0.25, -0.2) is 9.48 Å². The molecule has 0 spiro atoms. The monoisotopic (exact) mass is 511 g/mol. The zero-order chi connectivity index (χ0) is 26.5. The van der Waals surface area contributed by atoms with Crippen molar-refractivity contribution >= 4 is 33.9 Å². The molecule has 4 aromatic rings. The third-order valence-electron chi connectivity index (χ3n) is 6.57. The van der Waals surface area contributed by atoms with Gasteiger partial charge in [-0.1, -0.05) is 48.5 Å². The molecule has 2 heterocycles. The third kappa shape index (κ3) is 5.88. The Morgan fingerprint density at radius 2 is 1.76 bits per heavy atom. The number of carbonyl (C=O) groups excluding carboxylic acids is 1. The molecule has 0 radical (unpaired) electrons. The molecule has 8 nitrogen and oxygen atoms in total. The molecule has 2 N–H and O–H groups in total. The maximum Gasteiger partial charge on any atom is 0.324 e. The van der Waals surface area contributed by atoms with Crippen LogP contribution in [0.1, 0.15) is 18.2 Å². The molecule has 8 heteroatoms. The Morgan fingerprint density at radius 3 is 2.50 bits per heavy atom. The number of amides is 2. The number of benzene rings is 3. The van der Waals surface area contributed by atoms with Crippen molar-refractivity contribution in [2.24, 2.45) is 0 Å². The normalized spacial score (nSPS) is 13.8. The summed E-state index contributed by atoms with van der Waals surface area (Å²) in [6.45, 7) is 12.8. The number of anilines is 2. The maximum absolute atomic E-state index is 13.1. The Labute approximate surface area is 222 Å². The van der Waals surface area contributed by atoms with Crippen LogP contribution >= 0.6 is 0 Å². The van der Waals surface area contributed by atoms with Gasteiger partial charge in [0.05, 0.1) is 30.3 Å². The SMILES string of the molecule is C=C(C)c1cc(NC(=O)Nc2ccc(OCCN3CCOCC3)c3ccccc23)n(-c2ccc(C)cc2)n1. The third-order valence-corrected chi connectivity index (χ3v) is 6.57. The highest BCUT2D eigenvalue weighted by Gasteiger charge is 2.15. The first-order chi connectivity index (χ1) is 18.5. The second-order valence-electron chi connectivity index (χ2n) is 9.48. The van der Waals surface area contributed by atoms with Gasteiger partial charge in [-0.2, -0.15) is 5.10 Å². The van der Waals surface area contributed by atoms with Crippen LogP contribution in [0.2, 0.25) is 0 Å². The number of fused-ring (bicyclic) bond motifs is 1. The summed E-state index contributed by atoms with van der Waals surface area (Å²) in [7, 11) is 0. The van der Waals surface area contributed by atoms with E-state index in [0.29, 0.717) is 23.8 Å². The molecule has 38 heavy (non-hydrogen) atoms. The zero-order valence-corrected chi connectivity index (χ0v) is 21.9. The molecule has 1 fully saturated rings. The van der Waals surface area contributed by atoms with Crippen molar-refractivity contribution in [1.82, 2.24) is 14.7 Å². The average molecular weight is 512 g/mol. The minimum atomic E-state index is -0.363. The number of ether oxygens (including phenoxy) is 2. The van der Waals surface area contributed by atoms with Gasteiger partial charge in [-0.3, -0.25) is 10.2 Å². The number of urea groups is 1. The fraction of sp³-hybridized carbons (Fsp3) is 0.267. The van der Waals surface area contributed by atoms with Gasteiger partial charge in [0.1, 0.15) is 18.2 Å². The number of nitrogens with zero attached hydrogens (tertiary/aromatic N) is 3. The Bertz CT molecular complexity index is 1440.